The molecule has 0 atom stereocenters. The summed E-state index contributed by atoms with van der Waals surface area (Å²) < 4.78 is 0.562. The fourth-order valence-corrected chi connectivity index (χ4v) is 3.34. The number of para-hydroxylation sites is 1. The van der Waals surface area contributed by atoms with Crippen molar-refractivity contribution in [1.29, 1.82) is 0 Å². The zero-order valence-corrected chi connectivity index (χ0v) is 12.8. The number of fused-ring (bicyclic) bond motifs is 1. The summed E-state index contributed by atoms with van der Waals surface area (Å²) in [6.45, 7) is 4.08. The number of nitrogens with zero attached hydrogens (tertiary/aromatic N) is 2. The molecule has 3 rings (SSSR count). The quantitative estimate of drug-likeness (QED) is 0.492. The van der Waals surface area contributed by atoms with Crippen molar-refractivity contribution in [3.05, 3.63) is 59.7 Å². The SMILES string of the molecule is C=CCN1C(=O)C(=Cc2ccc3ccccc3n2)SC1=S. The summed E-state index contributed by atoms with van der Waals surface area (Å²) in [5.41, 5.74) is 1.67. The van der Waals surface area contributed by atoms with Crippen molar-refractivity contribution in [1.82, 2.24) is 9.88 Å². The summed E-state index contributed by atoms with van der Waals surface area (Å²) in [5, 5.41) is 1.08. The molecule has 0 radical (unpaired) electrons. The first-order valence-electron chi connectivity index (χ1n) is 6.41. The lowest BCUT2D eigenvalue weighted by atomic mass is 10.2. The van der Waals surface area contributed by atoms with E-state index in [2.05, 4.69) is 11.6 Å². The fourth-order valence-electron chi connectivity index (χ4n) is 2.08. The highest BCUT2D eigenvalue weighted by atomic mass is 32.2. The predicted molar refractivity (Wildman–Crippen MR) is 91.8 cm³/mol. The molecule has 5 heteroatoms. The van der Waals surface area contributed by atoms with Gasteiger partial charge >= 0.3 is 0 Å². The number of hydrogen-bond acceptors (Lipinski definition) is 4. The van der Waals surface area contributed by atoms with E-state index in [9.17, 15) is 4.79 Å². The molecule has 1 aromatic carbocycles. The first kappa shape index (κ1) is 14.0. The molecule has 1 aliphatic rings. The third-order valence-corrected chi connectivity index (χ3v) is 4.46. The van der Waals surface area contributed by atoms with Gasteiger partial charge in [-0.3, -0.25) is 9.69 Å². The van der Waals surface area contributed by atoms with Gasteiger partial charge in [-0.05, 0) is 18.2 Å². The number of carbonyl (C=O) groups excluding carboxylic acids is 1. The largest absolute Gasteiger partial charge is 0.289 e. The van der Waals surface area contributed by atoms with Crippen molar-refractivity contribution < 1.29 is 4.79 Å². The molecule has 0 spiro atoms. The smallest absolute Gasteiger partial charge is 0.266 e. The van der Waals surface area contributed by atoms with E-state index in [1.807, 2.05) is 36.4 Å². The lowest BCUT2D eigenvalue weighted by Crippen LogP contribution is -2.27. The third kappa shape index (κ3) is 2.75. The maximum Gasteiger partial charge on any atom is 0.266 e. The molecule has 0 N–H and O–H groups in total. The van der Waals surface area contributed by atoms with E-state index < -0.39 is 0 Å². The first-order valence-corrected chi connectivity index (χ1v) is 7.63. The molecule has 104 valence electrons. The fraction of sp³-hybridized carbons (Fsp3) is 0.0625. The van der Waals surface area contributed by atoms with Gasteiger partial charge in [0.25, 0.3) is 5.91 Å². The van der Waals surface area contributed by atoms with Crippen LogP contribution in [0.4, 0.5) is 0 Å². The van der Waals surface area contributed by atoms with Crippen molar-refractivity contribution in [2.24, 2.45) is 0 Å². The minimum atomic E-state index is -0.0835. The van der Waals surface area contributed by atoms with E-state index >= 15 is 0 Å². The first-order chi connectivity index (χ1) is 10.2. The molecule has 0 aliphatic carbocycles. The molecule has 0 bridgehead atoms. The van der Waals surface area contributed by atoms with Crippen molar-refractivity contribution in [2.45, 2.75) is 0 Å². The Morgan fingerprint density at radius 3 is 2.90 bits per heavy atom. The normalized spacial score (nSPS) is 17.0. The molecule has 3 nitrogen and oxygen atoms in total. The molecule has 1 saturated heterocycles. The van der Waals surface area contributed by atoms with Gasteiger partial charge < -0.3 is 0 Å². The van der Waals surface area contributed by atoms with Crippen LogP contribution in [0.2, 0.25) is 0 Å². The summed E-state index contributed by atoms with van der Waals surface area (Å²) in [6, 6.07) is 11.8. The summed E-state index contributed by atoms with van der Waals surface area (Å²) in [5.74, 6) is -0.0835. The number of benzene rings is 1. The van der Waals surface area contributed by atoms with Crippen LogP contribution in [0, 0.1) is 0 Å². The average molecular weight is 312 g/mol. The van der Waals surface area contributed by atoms with E-state index in [4.69, 9.17) is 12.2 Å². The van der Waals surface area contributed by atoms with Crippen LogP contribution in [0.15, 0.2) is 54.0 Å². The highest BCUT2D eigenvalue weighted by Crippen LogP contribution is 2.32. The van der Waals surface area contributed by atoms with Gasteiger partial charge in [0.15, 0.2) is 0 Å². The third-order valence-electron chi connectivity index (χ3n) is 3.08. The molecule has 1 fully saturated rings. The number of hydrogen-bond donors (Lipinski definition) is 0. The Kier molecular flexibility index (Phi) is 3.86. The lowest BCUT2D eigenvalue weighted by Gasteiger charge is -2.10. The van der Waals surface area contributed by atoms with Crippen LogP contribution >= 0.6 is 24.0 Å². The van der Waals surface area contributed by atoms with E-state index in [0.717, 1.165) is 16.6 Å². The van der Waals surface area contributed by atoms with Gasteiger partial charge in [-0.25, -0.2) is 4.98 Å². The van der Waals surface area contributed by atoms with Crippen LogP contribution in [0.1, 0.15) is 5.69 Å². The molecule has 2 aromatic rings. The molecule has 1 aromatic heterocycles. The van der Waals surface area contributed by atoms with Crippen LogP contribution in [0.3, 0.4) is 0 Å². The van der Waals surface area contributed by atoms with Crippen molar-refractivity contribution >= 4 is 51.2 Å². The van der Waals surface area contributed by atoms with Gasteiger partial charge in [-0.2, -0.15) is 0 Å². The highest BCUT2D eigenvalue weighted by Gasteiger charge is 2.31. The molecule has 1 aliphatic heterocycles. The Labute approximate surface area is 132 Å². The minimum absolute atomic E-state index is 0.0835. The number of pyridine rings is 1. The Hall–Kier alpha value is -1.98. The second-order valence-electron chi connectivity index (χ2n) is 4.51. The van der Waals surface area contributed by atoms with Crippen molar-refractivity contribution in [3.8, 4) is 0 Å². The second kappa shape index (κ2) is 5.79. The maximum atomic E-state index is 12.2. The van der Waals surface area contributed by atoms with Crippen LogP contribution in [-0.4, -0.2) is 26.7 Å². The Balaban J connectivity index is 1.95. The van der Waals surface area contributed by atoms with Crippen molar-refractivity contribution in [3.63, 3.8) is 0 Å². The summed E-state index contributed by atoms with van der Waals surface area (Å²) >= 11 is 6.52. The Bertz CT molecular complexity index is 783. The average Bonchev–Trinajstić information content (AvgIpc) is 2.75. The van der Waals surface area contributed by atoms with Gasteiger partial charge in [-0.15, -0.1) is 6.58 Å². The van der Waals surface area contributed by atoms with Gasteiger partial charge in [0, 0.05) is 11.9 Å². The molecule has 0 unspecified atom stereocenters. The van der Waals surface area contributed by atoms with E-state index in [0.29, 0.717) is 15.8 Å². The van der Waals surface area contributed by atoms with Crippen molar-refractivity contribution in [2.75, 3.05) is 6.54 Å². The summed E-state index contributed by atoms with van der Waals surface area (Å²) in [4.78, 5) is 18.9. The number of thioether (sulfide) groups is 1. The van der Waals surface area contributed by atoms with Crippen LogP contribution in [-0.2, 0) is 4.79 Å². The highest BCUT2D eigenvalue weighted by molar-refractivity contribution is 8.26. The zero-order valence-electron chi connectivity index (χ0n) is 11.2. The second-order valence-corrected chi connectivity index (χ2v) is 6.19. The Morgan fingerprint density at radius 1 is 1.29 bits per heavy atom. The van der Waals surface area contributed by atoms with Gasteiger partial charge in [-0.1, -0.05) is 54.3 Å². The molecule has 1 amide bonds. The van der Waals surface area contributed by atoms with E-state index in [-0.39, 0.29) is 5.91 Å². The zero-order chi connectivity index (χ0) is 14.8. The maximum absolute atomic E-state index is 12.2. The predicted octanol–water partition coefficient (Wildman–Crippen LogP) is 3.62. The summed E-state index contributed by atoms with van der Waals surface area (Å²) in [7, 11) is 0. The topological polar surface area (TPSA) is 33.2 Å². The molecule has 21 heavy (non-hydrogen) atoms. The van der Waals surface area contributed by atoms with Gasteiger partial charge in [0.1, 0.15) is 4.32 Å². The molecular weight excluding hydrogens is 300 g/mol. The summed E-state index contributed by atoms with van der Waals surface area (Å²) in [6.07, 6.45) is 3.46. The number of aromatic nitrogens is 1. The lowest BCUT2D eigenvalue weighted by molar-refractivity contribution is -0.121. The van der Waals surface area contributed by atoms with E-state index in [1.165, 1.54) is 11.8 Å². The van der Waals surface area contributed by atoms with Crippen LogP contribution in [0.25, 0.3) is 17.0 Å². The number of amides is 1. The number of carbonyl (C=O) groups is 1. The van der Waals surface area contributed by atoms with Gasteiger partial charge in [0.05, 0.1) is 16.1 Å². The molecule has 2 heterocycles. The number of rotatable bonds is 3. The minimum Gasteiger partial charge on any atom is -0.289 e. The molecular formula is C16H12N2OS2. The standard InChI is InChI=1S/C16H12N2OS2/c1-2-9-18-15(19)14(21-16(18)20)10-12-8-7-11-5-3-4-6-13(11)17-12/h2-8,10H,1,9H2. The van der Waals surface area contributed by atoms with E-state index in [1.54, 1.807) is 17.1 Å². The molecule has 0 saturated carbocycles. The monoisotopic (exact) mass is 312 g/mol. The van der Waals surface area contributed by atoms with Gasteiger partial charge in [0.2, 0.25) is 0 Å². The number of thiocarbonyl (C=S) groups is 1. The Morgan fingerprint density at radius 2 is 2.10 bits per heavy atom. The van der Waals surface area contributed by atoms with Crippen LogP contribution < -0.4 is 0 Å². The van der Waals surface area contributed by atoms with Crippen LogP contribution in [0.5, 0.6) is 0 Å².